The molecular formula is C9H18S3. The lowest BCUT2D eigenvalue weighted by Crippen LogP contribution is -1.89. The molecule has 0 spiro atoms. The molecule has 12 heavy (non-hydrogen) atoms. The maximum Gasteiger partial charge on any atom is 0.0644 e. The van der Waals surface area contributed by atoms with E-state index < -0.39 is 0 Å². The van der Waals surface area contributed by atoms with E-state index in [-0.39, 0.29) is 0 Å². The minimum absolute atomic E-state index is 0.734. The second kappa shape index (κ2) is 9.87. The monoisotopic (exact) mass is 222 g/mol. The summed E-state index contributed by atoms with van der Waals surface area (Å²) in [5.41, 5.74) is 0. The fraction of sp³-hybridized carbons (Fsp3) is 0.778. The van der Waals surface area contributed by atoms with E-state index in [0.29, 0.717) is 0 Å². The Kier molecular flexibility index (Phi) is 10.5. The van der Waals surface area contributed by atoms with Gasteiger partial charge in [0.2, 0.25) is 0 Å². The molecular weight excluding hydrogens is 204 g/mol. The van der Waals surface area contributed by atoms with E-state index in [1.165, 1.54) is 18.6 Å². The van der Waals surface area contributed by atoms with E-state index in [2.05, 4.69) is 32.3 Å². The SMILES string of the molecule is C/C=C/SC(CC)SSCCC. The Morgan fingerprint density at radius 2 is 2.08 bits per heavy atom. The van der Waals surface area contributed by atoms with Gasteiger partial charge in [0.25, 0.3) is 0 Å². The molecule has 0 aromatic heterocycles. The van der Waals surface area contributed by atoms with Crippen LogP contribution in [0, 0.1) is 0 Å². The maximum atomic E-state index is 2.25. The topological polar surface area (TPSA) is 0 Å². The normalized spacial score (nSPS) is 13.9. The molecule has 0 aromatic rings. The van der Waals surface area contributed by atoms with Gasteiger partial charge in [-0.05, 0) is 25.2 Å². The van der Waals surface area contributed by atoms with Crippen LogP contribution >= 0.6 is 33.3 Å². The zero-order chi connectivity index (χ0) is 9.23. The molecule has 72 valence electrons. The van der Waals surface area contributed by atoms with Gasteiger partial charge in [0.05, 0.1) is 4.58 Å². The van der Waals surface area contributed by atoms with Gasteiger partial charge in [0.1, 0.15) is 0 Å². The highest BCUT2D eigenvalue weighted by molar-refractivity contribution is 8.78. The largest absolute Gasteiger partial charge is 0.119 e. The van der Waals surface area contributed by atoms with Crippen molar-refractivity contribution in [2.45, 2.75) is 38.2 Å². The fourth-order valence-electron chi connectivity index (χ4n) is 0.560. The summed E-state index contributed by atoms with van der Waals surface area (Å²) in [6.45, 7) is 6.55. The Balaban J connectivity index is 3.39. The standard InChI is InChI=1S/C9H18S3/c1-4-7-10-9(6-3)12-11-8-5-2/h4,7,9H,5-6,8H2,1-3H3/b7-4+. The van der Waals surface area contributed by atoms with Crippen molar-refractivity contribution in [3.8, 4) is 0 Å². The average Bonchev–Trinajstić information content (AvgIpc) is 2.11. The van der Waals surface area contributed by atoms with E-state index in [0.717, 1.165) is 4.58 Å². The first-order chi connectivity index (χ1) is 5.85. The summed E-state index contributed by atoms with van der Waals surface area (Å²) in [4.78, 5) is 0. The highest BCUT2D eigenvalue weighted by atomic mass is 33.1. The lowest BCUT2D eigenvalue weighted by atomic mass is 10.6. The quantitative estimate of drug-likeness (QED) is 0.346. The van der Waals surface area contributed by atoms with Crippen LogP contribution in [0.25, 0.3) is 0 Å². The Morgan fingerprint density at radius 3 is 2.58 bits per heavy atom. The van der Waals surface area contributed by atoms with Crippen LogP contribution in [-0.2, 0) is 0 Å². The van der Waals surface area contributed by atoms with Crippen LogP contribution in [0.2, 0.25) is 0 Å². The number of rotatable bonds is 7. The van der Waals surface area contributed by atoms with Gasteiger partial charge < -0.3 is 0 Å². The van der Waals surface area contributed by atoms with Gasteiger partial charge in [-0.1, -0.05) is 41.5 Å². The summed E-state index contributed by atoms with van der Waals surface area (Å²) in [6.07, 6.45) is 4.64. The molecule has 0 aromatic carbocycles. The highest BCUT2D eigenvalue weighted by Gasteiger charge is 2.04. The Bertz CT molecular complexity index is 112. The molecule has 0 aliphatic carbocycles. The Labute approximate surface area is 88.7 Å². The second-order valence-electron chi connectivity index (χ2n) is 2.36. The molecule has 0 aliphatic heterocycles. The molecule has 0 N–H and O–H groups in total. The third-order valence-corrected chi connectivity index (χ3v) is 6.08. The molecule has 0 radical (unpaired) electrons. The average molecular weight is 222 g/mol. The number of hydrogen-bond acceptors (Lipinski definition) is 3. The van der Waals surface area contributed by atoms with Gasteiger partial charge >= 0.3 is 0 Å². The third kappa shape index (κ3) is 7.44. The first-order valence-electron chi connectivity index (χ1n) is 4.40. The van der Waals surface area contributed by atoms with Gasteiger partial charge in [0, 0.05) is 5.75 Å². The lowest BCUT2D eigenvalue weighted by molar-refractivity contribution is 1.06. The summed E-state index contributed by atoms with van der Waals surface area (Å²) >= 11 is 1.93. The van der Waals surface area contributed by atoms with Crippen LogP contribution in [0.3, 0.4) is 0 Å². The molecule has 0 heterocycles. The van der Waals surface area contributed by atoms with Crippen LogP contribution < -0.4 is 0 Å². The Hall–Kier alpha value is 0.790. The van der Waals surface area contributed by atoms with Gasteiger partial charge in [-0.2, -0.15) is 0 Å². The molecule has 1 atom stereocenters. The van der Waals surface area contributed by atoms with Crippen molar-refractivity contribution in [1.29, 1.82) is 0 Å². The van der Waals surface area contributed by atoms with E-state index in [4.69, 9.17) is 0 Å². The summed E-state index contributed by atoms with van der Waals surface area (Å²) in [7, 11) is 4.01. The predicted molar refractivity (Wildman–Crippen MR) is 66.8 cm³/mol. The minimum Gasteiger partial charge on any atom is -0.119 e. The van der Waals surface area contributed by atoms with Crippen molar-refractivity contribution >= 4 is 33.3 Å². The molecule has 3 heteroatoms. The minimum atomic E-state index is 0.734. The van der Waals surface area contributed by atoms with Gasteiger partial charge in [-0.25, -0.2) is 0 Å². The molecule has 0 amide bonds. The summed E-state index contributed by atoms with van der Waals surface area (Å²) in [6, 6.07) is 0. The van der Waals surface area contributed by atoms with Crippen LogP contribution in [0.15, 0.2) is 11.5 Å². The van der Waals surface area contributed by atoms with Crippen molar-refractivity contribution in [3.63, 3.8) is 0 Å². The molecule has 0 bridgehead atoms. The molecule has 0 saturated heterocycles. The zero-order valence-electron chi connectivity index (χ0n) is 8.08. The van der Waals surface area contributed by atoms with Crippen molar-refractivity contribution in [3.05, 3.63) is 11.5 Å². The second-order valence-corrected chi connectivity index (χ2v) is 6.46. The molecule has 0 fully saturated rings. The summed E-state index contributed by atoms with van der Waals surface area (Å²) in [5, 5.41) is 2.19. The summed E-state index contributed by atoms with van der Waals surface area (Å²) in [5.74, 6) is 1.28. The molecule has 1 unspecified atom stereocenters. The highest BCUT2D eigenvalue weighted by Crippen LogP contribution is 2.36. The van der Waals surface area contributed by atoms with Crippen LogP contribution in [-0.4, -0.2) is 10.3 Å². The van der Waals surface area contributed by atoms with Gasteiger partial charge in [-0.3, -0.25) is 0 Å². The number of allylic oxidation sites excluding steroid dienone is 1. The first kappa shape index (κ1) is 12.8. The van der Waals surface area contributed by atoms with Crippen molar-refractivity contribution in [2.24, 2.45) is 0 Å². The molecule has 0 aliphatic rings. The van der Waals surface area contributed by atoms with Crippen molar-refractivity contribution < 1.29 is 0 Å². The van der Waals surface area contributed by atoms with E-state index in [9.17, 15) is 0 Å². The molecule has 0 saturated carbocycles. The third-order valence-electron chi connectivity index (χ3n) is 1.16. The van der Waals surface area contributed by atoms with Crippen LogP contribution in [0.1, 0.15) is 33.6 Å². The zero-order valence-corrected chi connectivity index (χ0v) is 10.5. The fourth-order valence-corrected chi connectivity index (χ4v) is 4.57. The van der Waals surface area contributed by atoms with E-state index in [1.54, 1.807) is 0 Å². The van der Waals surface area contributed by atoms with Crippen LogP contribution in [0.4, 0.5) is 0 Å². The van der Waals surface area contributed by atoms with E-state index >= 15 is 0 Å². The van der Waals surface area contributed by atoms with Crippen molar-refractivity contribution in [1.82, 2.24) is 0 Å². The smallest absolute Gasteiger partial charge is 0.0644 e. The Morgan fingerprint density at radius 1 is 1.33 bits per heavy atom. The van der Waals surface area contributed by atoms with E-state index in [1.807, 2.05) is 33.3 Å². The van der Waals surface area contributed by atoms with Gasteiger partial charge in [-0.15, -0.1) is 11.8 Å². The molecule has 0 rings (SSSR count). The lowest BCUT2D eigenvalue weighted by Gasteiger charge is -2.09. The number of hydrogen-bond donors (Lipinski definition) is 0. The van der Waals surface area contributed by atoms with Gasteiger partial charge in [0.15, 0.2) is 0 Å². The predicted octanol–water partition coefficient (Wildman–Crippen LogP) is 4.78. The number of thioether (sulfide) groups is 1. The maximum absolute atomic E-state index is 2.25. The summed E-state index contributed by atoms with van der Waals surface area (Å²) < 4.78 is 0.734. The van der Waals surface area contributed by atoms with Crippen LogP contribution in [0.5, 0.6) is 0 Å². The first-order valence-corrected chi connectivity index (χ1v) is 7.72. The van der Waals surface area contributed by atoms with Crippen molar-refractivity contribution in [2.75, 3.05) is 5.75 Å². The molecule has 0 nitrogen and oxygen atoms in total.